The lowest BCUT2D eigenvalue weighted by atomic mass is 10.1. The quantitative estimate of drug-likeness (QED) is 0.716. The lowest BCUT2D eigenvalue weighted by Crippen LogP contribution is -2.45. The van der Waals surface area contributed by atoms with Gasteiger partial charge in [0.1, 0.15) is 0 Å². The summed E-state index contributed by atoms with van der Waals surface area (Å²) in [6.45, 7) is 1.56. The number of anilines is 1. The number of carbonyl (C=O) groups is 4. The van der Waals surface area contributed by atoms with E-state index in [1.54, 1.807) is 24.3 Å². The Morgan fingerprint density at radius 1 is 1.17 bits per heavy atom. The maximum Gasteiger partial charge on any atom is 0.291 e. The fraction of sp³-hybridized carbons (Fsp3) is 0.200. The summed E-state index contributed by atoms with van der Waals surface area (Å²) in [6, 6.07) is 13.1. The fourth-order valence-corrected chi connectivity index (χ4v) is 4.06. The van der Waals surface area contributed by atoms with Gasteiger partial charge < -0.3 is 20.5 Å². The van der Waals surface area contributed by atoms with Crippen LogP contribution in [0.25, 0.3) is 0 Å². The summed E-state index contributed by atoms with van der Waals surface area (Å²) in [5.74, 6) is -2.47. The molecule has 29 heavy (non-hydrogen) atoms. The van der Waals surface area contributed by atoms with E-state index in [2.05, 4.69) is 0 Å². The van der Waals surface area contributed by atoms with Crippen molar-refractivity contribution in [3.63, 3.8) is 0 Å². The predicted molar refractivity (Wildman–Crippen MR) is 106 cm³/mol. The number of rotatable bonds is 7. The maximum atomic E-state index is 13.0. The zero-order chi connectivity index (χ0) is 21.1. The minimum Gasteiger partial charge on any atom is -0.545 e. The zero-order valence-electron chi connectivity index (χ0n) is 15.5. The van der Waals surface area contributed by atoms with Gasteiger partial charge in [0.2, 0.25) is 5.91 Å². The number of carboxylic acid groups (broad SMARTS) is 1. The number of carbonyl (C=O) groups excluding carboxylic acids is 4. The topological polar surface area (TPSA) is 124 Å². The lowest BCUT2D eigenvalue weighted by Gasteiger charge is -2.27. The Kier molecular flexibility index (Phi) is 5.88. The minimum atomic E-state index is -1.34. The monoisotopic (exact) mass is 412 g/mol. The molecule has 1 saturated heterocycles. The van der Waals surface area contributed by atoms with E-state index in [1.165, 1.54) is 23.1 Å². The average Bonchev–Trinajstić information content (AvgIpc) is 2.94. The molecule has 2 N–H and O–H groups in total. The molecule has 2 aromatic rings. The maximum absolute atomic E-state index is 13.0. The number of nitrogens with zero attached hydrogens (tertiary/aromatic N) is 2. The Morgan fingerprint density at radius 2 is 1.90 bits per heavy atom. The van der Waals surface area contributed by atoms with Crippen molar-refractivity contribution in [1.29, 1.82) is 0 Å². The van der Waals surface area contributed by atoms with Gasteiger partial charge in [0, 0.05) is 5.69 Å². The van der Waals surface area contributed by atoms with Crippen molar-refractivity contribution in [2.75, 3.05) is 11.4 Å². The van der Waals surface area contributed by atoms with E-state index in [9.17, 15) is 24.3 Å². The SMILES string of the molecule is Cc1cccc(N(CC(N)=O)[C@H]2SC(=O)N(Cc3cccc(C(=O)[O-])c3)C2=O)c1. The van der Waals surface area contributed by atoms with Crippen LogP contribution in [0.15, 0.2) is 48.5 Å². The number of hydrogen-bond acceptors (Lipinski definition) is 7. The van der Waals surface area contributed by atoms with Gasteiger partial charge in [-0.25, -0.2) is 0 Å². The molecule has 0 unspecified atom stereocenters. The molecule has 0 aromatic heterocycles. The molecular formula is C20H18N3O5S-. The Morgan fingerprint density at radius 3 is 2.55 bits per heavy atom. The van der Waals surface area contributed by atoms with Crippen LogP contribution in [-0.2, 0) is 16.1 Å². The Labute approximate surface area is 171 Å². The number of thioether (sulfide) groups is 1. The molecule has 1 atom stereocenters. The number of amides is 3. The number of primary amides is 1. The van der Waals surface area contributed by atoms with E-state index in [0.717, 1.165) is 22.2 Å². The van der Waals surface area contributed by atoms with Crippen molar-refractivity contribution < 1.29 is 24.3 Å². The molecule has 0 radical (unpaired) electrons. The normalized spacial score (nSPS) is 16.2. The van der Waals surface area contributed by atoms with Crippen molar-refractivity contribution in [2.24, 2.45) is 5.73 Å². The summed E-state index contributed by atoms with van der Waals surface area (Å²) >= 11 is 0.789. The van der Waals surface area contributed by atoms with E-state index in [1.807, 2.05) is 13.0 Å². The highest BCUT2D eigenvalue weighted by molar-refractivity contribution is 8.15. The molecule has 1 aliphatic heterocycles. The fourth-order valence-electron chi connectivity index (χ4n) is 3.04. The van der Waals surface area contributed by atoms with Gasteiger partial charge >= 0.3 is 0 Å². The number of benzene rings is 2. The van der Waals surface area contributed by atoms with Gasteiger partial charge in [-0.3, -0.25) is 19.3 Å². The second-order valence-electron chi connectivity index (χ2n) is 6.58. The molecule has 9 heteroatoms. The largest absolute Gasteiger partial charge is 0.545 e. The number of carboxylic acids is 1. The Balaban J connectivity index is 1.86. The summed E-state index contributed by atoms with van der Waals surface area (Å²) in [6.07, 6.45) is 0. The first-order valence-corrected chi connectivity index (χ1v) is 9.58. The van der Waals surface area contributed by atoms with Crippen LogP contribution in [-0.4, -0.2) is 39.8 Å². The van der Waals surface area contributed by atoms with E-state index < -0.39 is 28.4 Å². The summed E-state index contributed by atoms with van der Waals surface area (Å²) in [7, 11) is 0. The van der Waals surface area contributed by atoms with E-state index in [-0.39, 0.29) is 18.7 Å². The van der Waals surface area contributed by atoms with Crippen LogP contribution < -0.4 is 15.7 Å². The highest BCUT2D eigenvalue weighted by Crippen LogP contribution is 2.34. The molecule has 150 valence electrons. The first-order valence-electron chi connectivity index (χ1n) is 8.70. The van der Waals surface area contributed by atoms with Gasteiger partial charge in [0.25, 0.3) is 11.1 Å². The third-order valence-corrected chi connectivity index (χ3v) is 5.46. The van der Waals surface area contributed by atoms with Crippen molar-refractivity contribution >= 4 is 40.5 Å². The second kappa shape index (κ2) is 8.36. The third kappa shape index (κ3) is 4.57. The van der Waals surface area contributed by atoms with Gasteiger partial charge in [-0.1, -0.05) is 30.3 Å². The number of imide groups is 1. The molecule has 0 saturated carbocycles. The van der Waals surface area contributed by atoms with Crippen LogP contribution >= 0.6 is 11.8 Å². The molecular weight excluding hydrogens is 394 g/mol. The average molecular weight is 412 g/mol. The van der Waals surface area contributed by atoms with Crippen molar-refractivity contribution in [2.45, 2.75) is 18.8 Å². The highest BCUT2D eigenvalue weighted by Gasteiger charge is 2.43. The van der Waals surface area contributed by atoms with Gasteiger partial charge in [0.15, 0.2) is 5.37 Å². The number of aryl methyl sites for hydroxylation is 1. The van der Waals surface area contributed by atoms with E-state index in [4.69, 9.17) is 5.73 Å². The molecule has 0 aliphatic carbocycles. The molecule has 2 aromatic carbocycles. The van der Waals surface area contributed by atoms with Crippen LogP contribution in [0.5, 0.6) is 0 Å². The standard InChI is InChI=1S/C20H19N3O5S/c1-12-4-2-7-15(8-12)22(11-16(21)24)18-17(25)23(20(28)29-18)10-13-5-3-6-14(9-13)19(26)27/h2-9,18H,10-11H2,1H3,(H2,21,24)(H,26,27)/p-1/t18-/m0/s1. The summed E-state index contributed by atoms with van der Waals surface area (Å²) in [5, 5.41) is 9.61. The second-order valence-corrected chi connectivity index (χ2v) is 7.61. The molecule has 1 heterocycles. The van der Waals surface area contributed by atoms with Crippen LogP contribution in [0, 0.1) is 6.92 Å². The number of nitrogens with two attached hydrogens (primary N) is 1. The van der Waals surface area contributed by atoms with Crippen molar-refractivity contribution in [3.05, 3.63) is 65.2 Å². The van der Waals surface area contributed by atoms with Gasteiger partial charge in [-0.05, 0) is 53.6 Å². The molecule has 1 aliphatic rings. The summed E-state index contributed by atoms with van der Waals surface area (Å²) < 4.78 is 0. The lowest BCUT2D eigenvalue weighted by molar-refractivity contribution is -0.255. The van der Waals surface area contributed by atoms with E-state index in [0.29, 0.717) is 11.3 Å². The summed E-state index contributed by atoms with van der Waals surface area (Å²) in [5.41, 5.74) is 7.32. The van der Waals surface area contributed by atoms with Crippen molar-refractivity contribution in [3.8, 4) is 0 Å². The number of aromatic carboxylic acids is 1. The van der Waals surface area contributed by atoms with Gasteiger partial charge in [-0.15, -0.1) is 0 Å². The number of hydrogen-bond donors (Lipinski definition) is 1. The zero-order valence-corrected chi connectivity index (χ0v) is 16.3. The van der Waals surface area contributed by atoms with E-state index >= 15 is 0 Å². The summed E-state index contributed by atoms with van der Waals surface area (Å²) in [4.78, 5) is 50.6. The highest BCUT2D eigenvalue weighted by atomic mass is 32.2. The molecule has 3 amide bonds. The molecule has 1 fully saturated rings. The molecule has 3 rings (SSSR count). The molecule has 0 bridgehead atoms. The van der Waals surface area contributed by atoms with Crippen molar-refractivity contribution in [1.82, 2.24) is 4.90 Å². The third-order valence-electron chi connectivity index (χ3n) is 4.36. The Bertz CT molecular complexity index is 994. The van der Waals surface area contributed by atoms with Crippen LogP contribution in [0.3, 0.4) is 0 Å². The predicted octanol–water partition coefficient (Wildman–Crippen LogP) is 0.872. The van der Waals surface area contributed by atoms with Gasteiger partial charge in [0.05, 0.1) is 19.1 Å². The van der Waals surface area contributed by atoms with Crippen LogP contribution in [0.1, 0.15) is 21.5 Å². The minimum absolute atomic E-state index is 0.0408. The van der Waals surface area contributed by atoms with Crippen LogP contribution in [0.2, 0.25) is 0 Å². The first-order chi connectivity index (χ1) is 13.8. The molecule has 0 spiro atoms. The molecule has 8 nitrogen and oxygen atoms in total. The van der Waals surface area contributed by atoms with Crippen LogP contribution in [0.4, 0.5) is 10.5 Å². The van der Waals surface area contributed by atoms with Gasteiger partial charge in [-0.2, -0.15) is 0 Å². The Hall–Kier alpha value is -3.33. The smallest absolute Gasteiger partial charge is 0.291 e. The first kappa shape index (κ1) is 20.4.